The van der Waals surface area contributed by atoms with Gasteiger partial charge in [0.25, 0.3) is 0 Å². The summed E-state index contributed by atoms with van der Waals surface area (Å²) in [6, 6.07) is 5.85. The van der Waals surface area contributed by atoms with Crippen LogP contribution in [0.25, 0.3) is 11.3 Å². The van der Waals surface area contributed by atoms with Crippen LogP contribution in [-0.2, 0) is 25.0 Å². The molecule has 1 aliphatic rings. The van der Waals surface area contributed by atoms with Crippen molar-refractivity contribution in [1.29, 1.82) is 0 Å². The van der Waals surface area contributed by atoms with Gasteiger partial charge in [0.1, 0.15) is 11.6 Å². The van der Waals surface area contributed by atoms with Crippen molar-refractivity contribution in [2.24, 2.45) is 7.05 Å². The zero-order chi connectivity index (χ0) is 12.7. The number of hydrogen-bond acceptors (Lipinski definition) is 4. The van der Waals surface area contributed by atoms with Crippen molar-refractivity contribution in [2.45, 2.75) is 13.2 Å². The standard InChI is InChI=1S/C13H15N3O2/c1-16-12(14)5-10(15-16)13-9-7-18-6-8(9)3-4-11(13)17-2/h3-5H,6-7,14H2,1-2H3. The molecule has 0 spiro atoms. The summed E-state index contributed by atoms with van der Waals surface area (Å²) in [6.07, 6.45) is 0. The molecule has 0 aliphatic carbocycles. The number of nitrogen functional groups attached to an aromatic ring is 1. The smallest absolute Gasteiger partial charge is 0.128 e. The first-order valence-electron chi connectivity index (χ1n) is 5.77. The number of rotatable bonds is 2. The van der Waals surface area contributed by atoms with Crippen molar-refractivity contribution in [3.8, 4) is 17.0 Å². The van der Waals surface area contributed by atoms with Crippen molar-refractivity contribution in [3.63, 3.8) is 0 Å². The van der Waals surface area contributed by atoms with Gasteiger partial charge in [-0.1, -0.05) is 6.07 Å². The highest BCUT2D eigenvalue weighted by Gasteiger charge is 2.22. The second-order valence-corrected chi connectivity index (χ2v) is 4.35. The highest BCUT2D eigenvalue weighted by molar-refractivity contribution is 5.74. The fraction of sp³-hybridized carbons (Fsp3) is 0.308. The lowest BCUT2D eigenvalue weighted by atomic mass is 10.00. The Labute approximate surface area is 105 Å². The van der Waals surface area contributed by atoms with Crippen LogP contribution in [0.1, 0.15) is 11.1 Å². The summed E-state index contributed by atoms with van der Waals surface area (Å²) in [5, 5.41) is 4.42. The first-order chi connectivity index (χ1) is 8.70. The maximum atomic E-state index is 5.84. The van der Waals surface area contributed by atoms with Gasteiger partial charge >= 0.3 is 0 Å². The van der Waals surface area contributed by atoms with Crippen LogP contribution in [0, 0.1) is 0 Å². The van der Waals surface area contributed by atoms with E-state index in [0.29, 0.717) is 19.0 Å². The predicted octanol–water partition coefficient (Wildman–Crippen LogP) is 1.71. The second kappa shape index (κ2) is 4.03. The molecule has 18 heavy (non-hydrogen) atoms. The van der Waals surface area contributed by atoms with Crippen LogP contribution >= 0.6 is 0 Å². The van der Waals surface area contributed by atoms with E-state index in [1.165, 1.54) is 5.56 Å². The van der Waals surface area contributed by atoms with Gasteiger partial charge in [-0.25, -0.2) is 0 Å². The summed E-state index contributed by atoms with van der Waals surface area (Å²) in [5.41, 5.74) is 9.99. The molecule has 1 aliphatic heterocycles. The Morgan fingerprint density at radius 1 is 1.39 bits per heavy atom. The van der Waals surface area contributed by atoms with E-state index in [2.05, 4.69) is 5.10 Å². The van der Waals surface area contributed by atoms with E-state index in [9.17, 15) is 0 Å². The van der Waals surface area contributed by atoms with Gasteiger partial charge < -0.3 is 15.2 Å². The SMILES string of the molecule is COc1ccc2c(c1-c1cc(N)n(C)n1)COC2. The molecule has 0 atom stereocenters. The van der Waals surface area contributed by atoms with Crippen molar-refractivity contribution in [3.05, 3.63) is 29.3 Å². The Kier molecular flexibility index (Phi) is 2.48. The molecule has 0 fully saturated rings. The molecule has 2 heterocycles. The van der Waals surface area contributed by atoms with Crippen molar-refractivity contribution < 1.29 is 9.47 Å². The first-order valence-corrected chi connectivity index (χ1v) is 5.77. The molecule has 0 amide bonds. The van der Waals surface area contributed by atoms with Crippen LogP contribution in [0.2, 0.25) is 0 Å². The zero-order valence-corrected chi connectivity index (χ0v) is 10.4. The molecule has 2 N–H and O–H groups in total. The normalized spacial score (nSPS) is 13.7. The largest absolute Gasteiger partial charge is 0.496 e. The quantitative estimate of drug-likeness (QED) is 0.874. The van der Waals surface area contributed by atoms with Crippen LogP contribution in [0.3, 0.4) is 0 Å². The molecule has 5 nitrogen and oxygen atoms in total. The summed E-state index contributed by atoms with van der Waals surface area (Å²) in [5.74, 6) is 1.43. The number of ether oxygens (including phenoxy) is 2. The molecular formula is C13H15N3O2. The fourth-order valence-corrected chi connectivity index (χ4v) is 2.29. The Balaban J connectivity index is 2.23. The minimum atomic E-state index is 0.596. The van der Waals surface area contributed by atoms with Crippen molar-refractivity contribution in [1.82, 2.24) is 9.78 Å². The Hall–Kier alpha value is -2.01. The van der Waals surface area contributed by atoms with Gasteiger partial charge in [0, 0.05) is 13.1 Å². The van der Waals surface area contributed by atoms with Gasteiger partial charge in [-0.05, 0) is 17.2 Å². The molecule has 0 bridgehead atoms. The van der Waals surface area contributed by atoms with E-state index in [4.69, 9.17) is 15.2 Å². The number of anilines is 1. The van der Waals surface area contributed by atoms with E-state index in [0.717, 1.165) is 22.6 Å². The van der Waals surface area contributed by atoms with Gasteiger partial charge in [-0.3, -0.25) is 4.68 Å². The van der Waals surface area contributed by atoms with E-state index in [-0.39, 0.29) is 0 Å². The molecule has 1 aromatic heterocycles. The molecular weight excluding hydrogens is 230 g/mol. The number of aromatic nitrogens is 2. The van der Waals surface area contributed by atoms with Crippen LogP contribution in [-0.4, -0.2) is 16.9 Å². The lowest BCUT2D eigenvalue weighted by molar-refractivity contribution is 0.134. The highest BCUT2D eigenvalue weighted by atomic mass is 16.5. The summed E-state index contributed by atoms with van der Waals surface area (Å²) in [6.45, 7) is 1.24. The molecule has 0 radical (unpaired) electrons. The second-order valence-electron chi connectivity index (χ2n) is 4.35. The maximum Gasteiger partial charge on any atom is 0.128 e. The van der Waals surface area contributed by atoms with Crippen LogP contribution in [0.4, 0.5) is 5.82 Å². The third-order valence-corrected chi connectivity index (χ3v) is 3.27. The summed E-state index contributed by atoms with van der Waals surface area (Å²) < 4.78 is 12.6. The van der Waals surface area contributed by atoms with E-state index in [1.807, 2.05) is 25.2 Å². The molecule has 0 saturated heterocycles. The number of hydrogen-bond donors (Lipinski definition) is 1. The summed E-state index contributed by atoms with van der Waals surface area (Å²) in [4.78, 5) is 0. The zero-order valence-electron chi connectivity index (χ0n) is 10.4. The van der Waals surface area contributed by atoms with Gasteiger partial charge in [-0.15, -0.1) is 0 Å². The van der Waals surface area contributed by atoms with Gasteiger partial charge in [0.15, 0.2) is 0 Å². The van der Waals surface area contributed by atoms with Gasteiger partial charge in [0.2, 0.25) is 0 Å². The van der Waals surface area contributed by atoms with Crippen LogP contribution < -0.4 is 10.5 Å². The minimum Gasteiger partial charge on any atom is -0.496 e. The molecule has 3 rings (SSSR count). The Bertz CT molecular complexity index is 585. The maximum absolute atomic E-state index is 5.84. The van der Waals surface area contributed by atoms with Crippen molar-refractivity contribution in [2.75, 3.05) is 12.8 Å². The average Bonchev–Trinajstić information content (AvgIpc) is 2.95. The monoisotopic (exact) mass is 245 g/mol. The van der Waals surface area contributed by atoms with E-state index >= 15 is 0 Å². The predicted molar refractivity (Wildman–Crippen MR) is 68.1 cm³/mol. The van der Waals surface area contributed by atoms with Crippen LogP contribution in [0.15, 0.2) is 18.2 Å². The Morgan fingerprint density at radius 2 is 2.22 bits per heavy atom. The van der Waals surface area contributed by atoms with Gasteiger partial charge in [-0.2, -0.15) is 5.10 Å². The molecule has 5 heteroatoms. The molecule has 1 aromatic carbocycles. The third kappa shape index (κ3) is 1.55. The highest BCUT2D eigenvalue weighted by Crippen LogP contribution is 2.38. The summed E-state index contributed by atoms with van der Waals surface area (Å²) >= 11 is 0. The third-order valence-electron chi connectivity index (χ3n) is 3.27. The number of fused-ring (bicyclic) bond motifs is 1. The van der Waals surface area contributed by atoms with Crippen molar-refractivity contribution >= 4 is 5.82 Å². The minimum absolute atomic E-state index is 0.596. The van der Waals surface area contributed by atoms with Gasteiger partial charge in [0.05, 0.1) is 31.6 Å². The molecule has 94 valence electrons. The van der Waals surface area contributed by atoms with Crippen LogP contribution in [0.5, 0.6) is 5.75 Å². The number of nitrogens with two attached hydrogens (primary N) is 1. The number of aryl methyl sites for hydroxylation is 1. The first kappa shape index (κ1) is 11.1. The number of methoxy groups -OCH3 is 1. The number of nitrogens with zero attached hydrogens (tertiary/aromatic N) is 2. The molecule has 2 aromatic rings. The lowest BCUT2D eigenvalue weighted by Crippen LogP contribution is -1.98. The molecule has 0 saturated carbocycles. The lowest BCUT2D eigenvalue weighted by Gasteiger charge is -2.10. The van der Waals surface area contributed by atoms with E-state index in [1.54, 1.807) is 11.8 Å². The topological polar surface area (TPSA) is 62.3 Å². The Morgan fingerprint density at radius 3 is 2.89 bits per heavy atom. The fourth-order valence-electron chi connectivity index (χ4n) is 2.29. The summed E-state index contributed by atoms with van der Waals surface area (Å²) in [7, 11) is 3.48. The van der Waals surface area contributed by atoms with E-state index < -0.39 is 0 Å². The molecule has 0 unspecified atom stereocenters. The average molecular weight is 245 g/mol. The number of benzene rings is 1.